The fourth-order valence-corrected chi connectivity index (χ4v) is 2.91. The maximum atomic E-state index is 12.1. The Bertz CT molecular complexity index is 933. The van der Waals surface area contributed by atoms with E-state index in [1.807, 2.05) is 36.4 Å². The molecule has 0 bridgehead atoms. The minimum absolute atomic E-state index is 0.0275. The van der Waals surface area contributed by atoms with Gasteiger partial charge >= 0.3 is 0 Å². The van der Waals surface area contributed by atoms with Gasteiger partial charge in [-0.2, -0.15) is 0 Å². The lowest BCUT2D eigenvalue weighted by Gasteiger charge is -2.25. The fraction of sp³-hybridized carbons (Fsp3) is 0.211. The van der Waals surface area contributed by atoms with Crippen molar-refractivity contribution < 1.29 is 14.3 Å². The third-order valence-corrected chi connectivity index (χ3v) is 4.20. The van der Waals surface area contributed by atoms with Crippen LogP contribution < -0.4 is 15.4 Å². The van der Waals surface area contributed by atoms with Gasteiger partial charge in [0.25, 0.3) is 5.91 Å². The average molecular weight is 350 g/mol. The van der Waals surface area contributed by atoms with Gasteiger partial charge in [-0.3, -0.25) is 9.59 Å². The van der Waals surface area contributed by atoms with E-state index in [4.69, 9.17) is 4.74 Å². The molecule has 0 radical (unpaired) electrons. The van der Waals surface area contributed by atoms with Crippen LogP contribution in [0.15, 0.2) is 48.5 Å². The molecular formula is C19H18N4O3. The van der Waals surface area contributed by atoms with E-state index >= 15 is 0 Å². The molecule has 0 saturated carbocycles. The van der Waals surface area contributed by atoms with Gasteiger partial charge in [0.05, 0.1) is 23.1 Å². The molecule has 2 amide bonds. The van der Waals surface area contributed by atoms with Gasteiger partial charge in [0.2, 0.25) is 5.91 Å². The van der Waals surface area contributed by atoms with E-state index in [-0.39, 0.29) is 18.2 Å². The number of anilines is 1. The molecule has 7 heteroatoms. The summed E-state index contributed by atoms with van der Waals surface area (Å²) in [5, 5.41) is 5.56. The monoisotopic (exact) mass is 350 g/mol. The molecule has 0 aliphatic carbocycles. The van der Waals surface area contributed by atoms with Crippen molar-refractivity contribution in [3.8, 4) is 5.75 Å². The molecule has 26 heavy (non-hydrogen) atoms. The third kappa shape index (κ3) is 3.37. The number of carbonyl (C=O) groups excluding carboxylic acids is 2. The van der Waals surface area contributed by atoms with E-state index in [0.29, 0.717) is 24.4 Å². The first kappa shape index (κ1) is 16.1. The lowest BCUT2D eigenvalue weighted by atomic mass is 10.1. The quantitative estimate of drug-likeness (QED) is 0.656. The molecule has 3 aromatic rings. The molecule has 0 fully saturated rings. The van der Waals surface area contributed by atoms with Crippen molar-refractivity contribution >= 4 is 28.5 Å². The van der Waals surface area contributed by atoms with Gasteiger partial charge in [-0.25, -0.2) is 4.98 Å². The second-order valence-corrected chi connectivity index (χ2v) is 6.10. The van der Waals surface area contributed by atoms with Gasteiger partial charge in [0.15, 0.2) is 6.10 Å². The Morgan fingerprint density at radius 1 is 1.15 bits per heavy atom. The molecule has 0 spiro atoms. The summed E-state index contributed by atoms with van der Waals surface area (Å²) in [6.45, 7) is 0.434. The zero-order valence-corrected chi connectivity index (χ0v) is 14.0. The van der Waals surface area contributed by atoms with Crippen LogP contribution in [0.25, 0.3) is 11.0 Å². The number of nitrogens with zero attached hydrogens (tertiary/aromatic N) is 1. The number of ether oxygens (including phenoxy) is 1. The van der Waals surface area contributed by atoms with Gasteiger partial charge in [-0.05, 0) is 24.3 Å². The number of fused-ring (bicyclic) bond motifs is 2. The molecule has 1 atom stereocenters. The highest BCUT2D eigenvalue weighted by Crippen LogP contribution is 2.29. The van der Waals surface area contributed by atoms with Crippen LogP contribution >= 0.6 is 0 Å². The van der Waals surface area contributed by atoms with Crippen LogP contribution in [0.4, 0.5) is 5.69 Å². The van der Waals surface area contributed by atoms with Crippen LogP contribution in [0.3, 0.4) is 0 Å². The van der Waals surface area contributed by atoms with Crippen molar-refractivity contribution in [3.05, 3.63) is 54.4 Å². The topological polar surface area (TPSA) is 96.1 Å². The first-order chi connectivity index (χ1) is 12.7. The van der Waals surface area contributed by atoms with E-state index < -0.39 is 6.10 Å². The Kier molecular flexibility index (Phi) is 4.27. The zero-order chi connectivity index (χ0) is 17.9. The summed E-state index contributed by atoms with van der Waals surface area (Å²) < 4.78 is 5.63. The molecule has 1 aliphatic heterocycles. The standard InChI is InChI=1S/C19H18N4O3/c24-18(11-16-19(25)23-14-7-3-4-8-15(14)26-16)20-10-9-17-21-12-5-1-2-6-13(12)22-17/h1-8,16H,9-11H2,(H,20,24)(H,21,22)(H,23,25)/t16-/m1/s1. The van der Waals surface area contributed by atoms with Crippen LogP contribution in [0, 0.1) is 0 Å². The molecule has 3 N–H and O–H groups in total. The highest BCUT2D eigenvalue weighted by Gasteiger charge is 2.29. The number of nitrogens with one attached hydrogen (secondary N) is 3. The Labute approximate surface area is 149 Å². The third-order valence-electron chi connectivity index (χ3n) is 4.20. The van der Waals surface area contributed by atoms with Crippen molar-refractivity contribution in [2.24, 2.45) is 0 Å². The molecule has 7 nitrogen and oxygen atoms in total. The number of para-hydroxylation sites is 4. The zero-order valence-electron chi connectivity index (χ0n) is 14.0. The number of amides is 2. The Balaban J connectivity index is 1.29. The number of benzene rings is 2. The van der Waals surface area contributed by atoms with Crippen LogP contribution in [0.5, 0.6) is 5.75 Å². The van der Waals surface area contributed by atoms with Crippen LogP contribution in [-0.4, -0.2) is 34.4 Å². The summed E-state index contributed by atoms with van der Waals surface area (Å²) in [5.41, 5.74) is 2.50. The van der Waals surface area contributed by atoms with Crippen molar-refractivity contribution in [1.82, 2.24) is 15.3 Å². The van der Waals surface area contributed by atoms with E-state index in [9.17, 15) is 9.59 Å². The SMILES string of the molecule is O=C(C[C@H]1Oc2ccccc2NC1=O)NCCc1nc2ccccc2[nH]1. The summed E-state index contributed by atoms with van der Waals surface area (Å²) in [6.07, 6.45) is -0.266. The van der Waals surface area contributed by atoms with Crippen LogP contribution in [0.1, 0.15) is 12.2 Å². The second kappa shape index (κ2) is 6.87. The smallest absolute Gasteiger partial charge is 0.266 e. The summed E-state index contributed by atoms with van der Waals surface area (Å²) in [6, 6.07) is 14.9. The number of hydrogen-bond donors (Lipinski definition) is 3. The largest absolute Gasteiger partial charge is 0.478 e. The van der Waals surface area contributed by atoms with Crippen LogP contribution in [0.2, 0.25) is 0 Å². The molecular weight excluding hydrogens is 332 g/mol. The van der Waals surface area contributed by atoms with Gasteiger partial charge in [0, 0.05) is 13.0 Å². The average Bonchev–Trinajstić information content (AvgIpc) is 3.05. The maximum Gasteiger partial charge on any atom is 0.266 e. The van der Waals surface area contributed by atoms with Gasteiger partial charge < -0.3 is 20.4 Å². The number of aromatic nitrogens is 2. The first-order valence-electron chi connectivity index (χ1n) is 8.46. The predicted molar refractivity (Wildman–Crippen MR) is 96.9 cm³/mol. The Morgan fingerprint density at radius 2 is 1.96 bits per heavy atom. The number of hydrogen-bond acceptors (Lipinski definition) is 4. The molecule has 1 aliphatic rings. The predicted octanol–water partition coefficient (Wildman–Crippen LogP) is 2.01. The molecule has 1 aromatic heterocycles. The van der Waals surface area contributed by atoms with Crippen molar-refractivity contribution in [2.75, 3.05) is 11.9 Å². The molecule has 132 valence electrons. The first-order valence-corrected chi connectivity index (χ1v) is 8.46. The summed E-state index contributed by atoms with van der Waals surface area (Å²) in [5.74, 6) is 0.844. The lowest BCUT2D eigenvalue weighted by Crippen LogP contribution is -2.41. The summed E-state index contributed by atoms with van der Waals surface area (Å²) in [7, 11) is 0. The number of aromatic amines is 1. The Morgan fingerprint density at radius 3 is 2.85 bits per heavy atom. The highest BCUT2D eigenvalue weighted by atomic mass is 16.5. The second-order valence-electron chi connectivity index (χ2n) is 6.10. The molecule has 0 unspecified atom stereocenters. The Hall–Kier alpha value is -3.35. The van der Waals surface area contributed by atoms with E-state index in [2.05, 4.69) is 20.6 Å². The maximum absolute atomic E-state index is 12.1. The van der Waals surface area contributed by atoms with Crippen LogP contribution in [-0.2, 0) is 16.0 Å². The fourth-order valence-electron chi connectivity index (χ4n) is 2.91. The number of rotatable bonds is 5. The van der Waals surface area contributed by atoms with Gasteiger partial charge in [0.1, 0.15) is 11.6 Å². The van der Waals surface area contributed by atoms with Crippen molar-refractivity contribution in [3.63, 3.8) is 0 Å². The highest BCUT2D eigenvalue weighted by molar-refractivity contribution is 5.99. The van der Waals surface area contributed by atoms with E-state index in [0.717, 1.165) is 16.9 Å². The van der Waals surface area contributed by atoms with E-state index in [1.165, 1.54) is 0 Å². The minimum Gasteiger partial charge on any atom is -0.478 e. The number of carbonyl (C=O) groups is 2. The summed E-state index contributed by atoms with van der Waals surface area (Å²) >= 11 is 0. The molecule has 0 saturated heterocycles. The van der Waals surface area contributed by atoms with Crippen molar-refractivity contribution in [2.45, 2.75) is 18.9 Å². The van der Waals surface area contributed by atoms with Gasteiger partial charge in [-0.15, -0.1) is 0 Å². The van der Waals surface area contributed by atoms with E-state index in [1.54, 1.807) is 12.1 Å². The lowest BCUT2D eigenvalue weighted by molar-refractivity contribution is -0.130. The normalized spacial score (nSPS) is 15.8. The number of imidazole rings is 1. The number of H-pyrrole nitrogens is 1. The molecule has 2 heterocycles. The van der Waals surface area contributed by atoms with Crippen molar-refractivity contribution in [1.29, 1.82) is 0 Å². The molecule has 4 rings (SSSR count). The minimum atomic E-state index is -0.823. The molecule has 2 aromatic carbocycles. The summed E-state index contributed by atoms with van der Waals surface area (Å²) in [4.78, 5) is 31.9. The van der Waals surface area contributed by atoms with Gasteiger partial charge in [-0.1, -0.05) is 24.3 Å².